The molecule has 1 N–H and O–H groups in total. The first-order valence-electron chi connectivity index (χ1n) is 6.50. The molecular formula is C14H23NO4S. The molecule has 1 aromatic rings. The second-order valence-corrected chi connectivity index (χ2v) is 6.88. The molecule has 0 heterocycles. The summed E-state index contributed by atoms with van der Waals surface area (Å²) in [4.78, 5) is 0.265. The lowest BCUT2D eigenvalue weighted by Crippen LogP contribution is -2.29. The number of methoxy groups -OCH3 is 1. The normalized spacial score (nSPS) is 12.1. The number of aryl methyl sites for hydroxylation is 1. The van der Waals surface area contributed by atoms with E-state index in [1.807, 2.05) is 6.92 Å². The van der Waals surface area contributed by atoms with Crippen LogP contribution in [0.1, 0.15) is 23.1 Å². The average Bonchev–Trinajstić information content (AvgIpc) is 2.41. The van der Waals surface area contributed by atoms with Crippen molar-refractivity contribution in [2.24, 2.45) is 0 Å². The zero-order valence-corrected chi connectivity index (χ0v) is 13.3. The molecule has 0 saturated carbocycles. The lowest BCUT2D eigenvalue weighted by molar-refractivity contribution is 0.189. The smallest absolute Gasteiger partial charge is 0.243 e. The quantitative estimate of drug-likeness (QED) is 0.774. The van der Waals surface area contributed by atoms with Gasteiger partial charge >= 0.3 is 0 Å². The van der Waals surface area contributed by atoms with Crippen molar-refractivity contribution in [3.05, 3.63) is 28.8 Å². The molecule has 0 aliphatic rings. The largest absolute Gasteiger partial charge is 0.392 e. The third-order valence-corrected chi connectivity index (χ3v) is 5.35. The Kier molecular flexibility index (Phi) is 6.13. The van der Waals surface area contributed by atoms with E-state index in [2.05, 4.69) is 0 Å². The van der Waals surface area contributed by atoms with Gasteiger partial charge in [-0.05, 0) is 43.0 Å². The van der Waals surface area contributed by atoms with Crippen LogP contribution in [0.3, 0.4) is 0 Å². The minimum absolute atomic E-state index is 0.170. The fraction of sp³-hybridized carbons (Fsp3) is 0.571. The van der Waals surface area contributed by atoms with E-state index in [0.717, 1.165) is 11.1 Å². The summed E-state index contributed by atoms with van der Waals surface area (Å²) in [6.45, 7) is 4.38. The van der Waals surface area contributed by atoms with Gasteiger partial charge in [0.1, 0.15) is 0 Å². The van der Waals surface area contributed by atoms with Gasteiger partial charge in [-0.2, -0.15) is 0 Å². The fourth-order valence-electron chi connectivity index (χ4n) is 1.98. The van der Waals surface area contributed by atoms with Crippen molar-refractivity contribution < 1.29 is 18.3 Å². The molecule has 0 fully saturated rings. The highest BCUT2D eigenvalue weighted by Crippen LogP contribution is 2.24. The molecule has 0 aliphatic heterocycles. The lowest BCUT2D eigenvalue weighted by Gasteiger charge is -2.20. The molecule has 0 bridgehead atoms. The second-order valence-electron chi connectivity index (χ2n) is 4.87. The minimum atomic E-state index is -3.54. The van der Waals surface area contributed by atoms with Crippen molar-refractivity contribution in [3.8, 4) is 0 Å². The maximum Gasteiger partial charge on any atom is 0.243 e. The fourth-order valence-corrected chi connectivity index (χ4v) is 3.53. The molecule has 0 spiro atoms. The Morgan fingerprint density at radius 2 is 1.95 bits per heavy atom. The zero-order chi connectivity index (χ0) is 15.3. The molecule has 0 saturated heterocycles. The summed E-state index contributed by atoms with van der Waals surface area (Å²) in [6, 6.07) is 3.35. The Balaban J connectivity index is 3.11. The number of aliphatic hydroxyl groups excluding tert-OH is 1. The number of sulfonamides is 1. The maximum atomic E-state index is 12.6. The van der Waals surface area contributed by atoms with Crippen molar-refractivity contribution in [2.45, 2.75) is 31.8 Å². The van der Waals surface area contributed by atoms with Crippen LogP contribution in [0.2, 0.25) is 0 Å². The zero-order valence-electron chi connectivity index (χ0n) is 12.5. The predicted molar refractivity (Wildman–Crippen MR) is 78.1 cm³/mol. The molecule has 0 aliphatic carbocycles. The van der Waals surface area contributed by atoms with Crippen LogP contribution in [-0.2, 0) is 21.4 Å². The molecule has 5 nitrogen and oxygen atoms in total. The Labute approximate surface area is 121 Å². The first kappa shape index (κ1) is 17.1. The maximum absolute atomic E-state index is 12.6. The van der Waals surface area contributed by atoms with Crippen LogP contribution in [0, 0.1) is 13.8 Å². The summed E-state index contributed by atoms with van der Waals surface area (Å²) in [5.74, 6) is 0. The molecule has 0 radical (unpaired) electrons. The highest BCUT2D eigenvalue weighted by atomic mass is 32.2. The Morgan fingerprint density at radius 3 is 2.50 bits per heavy atom. The molecular weight excluding hydrogens is 278 g/mol. The van der Waals surface area contributed by atoms with Crippen LogP contribution in [0.25, 0.3) is 0 Å². The van der Waals surface area contributed by atoms with Gasteiger partial charge in [0.25, 0.3) is 0 Å². The molecule has 0 atom stereocenters. The third kappa shape index (κ3) is 3.79. The topological polar surface area (TPSA) is 66.8 Å². The van der Waals surface area contributed by atoms with Crippen molar-refractivity contribution in [2.75, 3.05) is 27.3 Å². The van der Waals surface area contributed by atoms with E-state index < -0.39 is 10.0 Å². The van der Waals surface area contributed by atoms with E-state index in [9.17, 15) is 13.5 Å². The van der Waals surface area contributed by atoms with Crippen LogP contribution in [0.4, 0.5) is 0 Å². The van der Waals surface area contributed by atoms with Gasteiger partial charge in [0.05, 0.1) is 11.5 Å². The van der Waals surface area contributed by atoms with E-state index in [1.165, 1.54) is 4.31 Å². The Morgan fingerprint density at radius 1 is 1.30 bits per heavy atom. The van der Waals surface area contributed by atoms with Crippen LogP contribution >= 0.6 is 0 Å². The van der Waals surface area contributed by atoms with E-state index in [1.54, 1.807) is 33.2 Å². The number of hydrogen-bond donors (Lipinski definition) is 1. The van der Waals surface area contributed by atoms with Crippen LogP contribution < -0.4 is 0 Å². The highest BCUT2D eigenvalue weighted by molar-refractivity contribution is 7.89. The van der Waals surface area contributed by atoms with E-state index in [0.29, 0.717) is 25.1 Å². The van der Waals surface area contributed by atoms with Crippen LogP contribution in [-0.4, -0.2) is 45.1 Å². The van der Waals surface area contributed by atoms with Gasteiger partial charge in [-0.25, -0.2) is 12.7 Å². The molecule has 6 heteroatoms. The first-order valence-corrected chi connectivity index (χ1v) is 7.94. The number of benzene rings is 1. The van der Waals surface area contributed by atoms with Gasteiger partial charge in [0.2, 0.25) is 10.0 Å². The van der Waals surface area contributed by atoms with Gasteiger partial charge in [-0.3, -0.25) is 0 Å². The Bertz CT molecular complexity index is 555. The van der Waals surface area contributed by atoms with Crippen molar-refractivity contribution in [1.29, 1.82) is 0 Å². The van der Waals surface area contributed by atoms with Gasteiger partial charge in [-0.1, -0.05) is 6.07 Å². The van der Waals surface area contributed by atoms with Crippen molar-refractivity contribution >= 4 is 10.0 Å². The number of aliphatic hydroxyl groups is 1. The first-order chi connectivity index (χ1) is 9.34. The number of nitrogens with zero attached hydrogens (tertiary/aromatic N) is 1. The molecule has 114 valence electrons. The summed E-state index contributed by atoms with van der Waals surface area (Å²) in [7, 11) is -0.388. The number of ether oxygens (including phenoxy) is 1. The SMILES string of the molecule is COCCCN(C)S(=O)(=O)c1cc(CO)cc(C)c1C. The van der Waals surface area contributed by atoms with Crippen LogP contribution in [0.15, 0.2) is 17.0 Å². The number of hydrogen-bond acceptors (Lipinski definition) is 4. The molecule has 1 aromatic carbocycles. The summed E-state index contributed by atoms with van der Waals surface area (Å²) in [5.41, 5.74) is 2.19. The van der Waals surface area contributed by atoms with Crippen molar-refractivity contribution in [3.63, 3.8) is 0 Å². The van der Waals surface area contributed by atoms with E-state index in [4.69, 9.17) is 4.74 Å². The standard InChI is InChI=1S/C14H23NO4S/c1-11-8-13(10-16)9-14(12(11)2)20(17,18)15(3)6-5-7-19-4/h8-9,16H,5-7,10H2,1-4H3. The lowest BCUT2D eigenvalue weighted by atomic mass is 10.1. The number of rotatable bonds is 7. The Hall–Kier alpha value is -0.950. The van der Waals surface area contributed by atoms with Gasteiger partial charge in [-0.15, -0.1) is 0 Å². The average molecular weight is 301 g/mol. The predicted octanol–water partition coefficient (Wildman–Crippen LogP) is 1.45. The van der Waals surface area contributed by atoms with E-state index >= 15 is 0 Å². The molecule has 0 aromatic heterocycles. The van der Waals surface area contributed by atoms with E-state index in [-0.39, 0.29) is 11.5 Å². The highest BCUT2D eigenvalue weighted by Gasteiger charge is 2.23. The summed E-state index contributed by atoms with van der Waals surface area (Å²) in [6.07, 6.45) is 0.643. The third-order valence-electron chi connectivity index (χ3n) is 3.37. The minimum Gasteiger partial charge on any atom is -0.392 e. The molecule has 1 rings (SSSR count). The molecule has 0 amide bonds. The summed E-state index contributed by atoms with van der Waals surface area (Å²) in [5, 5.41) is 9.23. The summed E-state index contributed by atoms with van der Waals surface area (Å²) < 4.78 is 31.4. The van der Waals surface area contributed by atoms with Gasteiger partial charge in [0.15, 0.2) is 0 Å². The van der Waals surface area contributed by atoms with Crippen LogP contribution in [0.5, 0.6) is 0 Å². The molecule has 20 heavy (non-hydrogen) atoms. The van der Waals surface area contributed by atoms with Gasteiger partial charge in [0, 0.05) is 27.3 Å². The molecule has 0 unspecified atom stereocenters. The second kappa shape index (κ2) is 7.17. The van der Waals surface area contributed by atoms with Crippen molar-refractivity contribution in [1.82, 2.24) is 4.31 Å². The van der Waals surface area contributed by atoms with Gasteiger partial charge < -0.3 is 9.84 Å². The summed E-state index contributed by atoms with van der Waals surface area (Å²) >= 11 is 0. The monoisotopic (exact) mass is 301 g/mol.